The van der Waals surface area contributed by atoms with Crippen molar-refractivity contribution in [1.82, 2.24) is 20.4 Å². The Morgan fingerprint density at radius 2 is 2.08 bits per heavy atom. The fourth-order valence-electron chi connectivity index (χ4n) is 4.10. The van der Waals surface area contributed by atoms with Crippen molar-refractivity contribution in [2.45, 2.75) is 50.2 Å². The summed E-state index contributed by atoms with van der Waals surface area (Å²) in [5.74, 6) is -1.48. The van der Waals surface area contributed by atoms with Crippen LogP contribution in [0.1, 0.15) is 38.5 Å². The highest BCUT2D eigenvalue weighted by Gasteiger charge is 2.44. The summed E-state index contributed by atoms with van der Waals surface area (Å²) in [5.41, 5.74) is -0.743. The Balaban J connectivity index is 1.62. The number of piperidine rings is 1. The zero-order chi connectivity index (χ0) is 17.9. The predicted molar refractivity (Wildman–Crippen MR) is 86.8 cm³/mol. The van der Waals surface area contributed by atoms with Crippen LogP contribution in [0.15, 0.2) is 18.5 Å². The summed E-state index contributed by atoms with van der Waals surface area (Å²) in [6.45, 7) is 1.74. The number of amides is 1. The van der Waals surface area contributed by atoms with Crippen molar-refractivity contribution >= 4 is 5.91 Å². The molecule has 8 heteroatoms. The van der Waals surface area contributed by atoms with Crippen LogP contribution in [0.2, 0.25) is 0 Å². The number of hydrogen-bond donors (Lipinski definition) is 2. The smallest absolute Gasteiger partial charge is 0.354 e. The molecule has 2 unspecified atom stereocenters. The molecule has 0 radical (unpaired) electrons. The molecular weight excluding hydrogens is 333 g/mol. The van der Waals surface area contributed by atoms with E-state index in [2.05, 4.69) is 15.7 Å². The third-order valence-corrected chi connectivity index (χ3v) is 5.59. The van der Waals surface area contributed by atoms with E-state index < -0.39 is 17.6 Å². The molecule has 1 aromatic rings. The van der Waals surface area contributed by atoms with Gasteiger partial charge in [0, 0.05) is 18.9 Å². The first kappa shape index (κ1) is 18.2. The Kier molecular flexibility index (Phi) is 5.36. The molecule has 2 N–H and O–H groups in total. The van der Waals surface area contributed by atoms with Crippen molar-refractivity contribution < 1.29 is 18.0 Å². The number of hydrogen-bond acceptors (Lipinski definition) is 3. The largest absolute Gasteiger partial charge is 0.391 e. The maximum Gasteiger partial charge on any atom is 0.391 e. The van der Waals surface area contributed by atoms with E-state index in [0.717, 1.165) is 6.42 Å². The van der Waals surface area contributed by atoms with Crippen LogP contribution in [0.5, 0.6) is 0 Å². The van der Waals surface area contributed by atoms with Crippen LogP contribution in [-0.2, 0) is 10.3 Å². The summed E-state index contributed by atoms with van der Waals surface area (Å²) in [6, 6.07) is 1.78. The maximum atomic E-state index is 12.9. The summed E-state index contributed by atoms with van der Waals surface area (Å²) < 4.78 is 40.5. The minimum Gasteiger partial charge on any atom is -0.354 e. The lowest BCUT2D eigenvalue weighted by Gasteiger charge is -2.37. The molecular formula is C17H25F3N4O. The van der Waals surface area contributed by atoms with E-state index in [4.69, 9.17) is 0 Å². The Hall–Kier alpha value is -1.57. The van der Waals surface area contributed by atoms with Gasteiger partial charge in [-0.05, 0) is 57.2 Å². The van der Waals surface area contributed by atoms with E-state index in [1.165, 1.54) is 0 Å². The number of aromatic nitrogens is 2. The normalized spacial score (nSPS) is 27.0. The van der Waals surface area contributed by atoms with Crippen LogP contribution in [0.3, 0.4) is 0 Å². The van der Waals surface area contributed by atoms with Crippen LogP contribution in [-0.4, -0.2) is 41.5 Å². The van der Waals surface area contributed by atoms with Gasteiger partial charge in [0.05, 0.1) is 5.92 Å². The minimum atomic E-state index is -4.13. The van der Waals surface area contributed by atoms with Gasteiger partial charge in [0.15, 0.2) is 0 Å². The molecule has 1 saturated carbocycles. The average Bonchev–Trinajstić information content (AvgIpc) is 3.15. The van der Waals surface area contributed by atoms with Gasteiger partial charge >= 0.3 is 6.18 Å². The van der Waals surface area contributed by atoms with E-state index in [9.17, 15) is 18.0 Å². The molecule has 3 rings (SSSR count). The van der Waals surface area contributed by atoms with Crippen LogP contribution in [0.25, 0.3) is 0 Å². The highest BCUT2D eigenvalue weighted by Crippen LogP contribution is 2.39. The van der Waals surface area contributed by atoms with Crippen LogP contribution < -0.4 is 10.6 Å². The molecule has 2 fully saturated rings. The van der Waals surface area contributed by atoms with Crippen molar-refractivity contribution in [2.75, 3.05) is 19.6 Å². The maximum absolute atomic E-state index is 12.9. The Morgan fingerprint density at radius 1 is 1.32 bits per heavy atom. The van der Waals surface area contributed by atoms with Gasteiger partial charge < -0.3 is 10.6 Å². The van der Waals surface area contributed by atoms with Crippen molar-refractivity contribution in [3.63, 3.8) is 0 Å². The monoisotopic (exact) mass is 358 g/mol. The van der Waals surface area contributed by atoms with Gasteiger partial charge in [-0.15, -0.1) is 0 Å². The number of halogens is 3. The van der Waals surface area contributed by atoms with Gasteiger partial charge in [-0.3, -0.25) is 9.48 Å². The molecule has 1 saturated heterocycles. The zero-order valence-electron chi connectivity index (χ0n) is 14.2. The van der Waals surface area contributed by atoms with E-state index in [0.29, 0.717) is 38.9 Å². The van der Waals surface area contributed by atoms with Crippen molar-refractivity contribution in [2.24, 2.45) is 11.8 Å². The SMILES string of the molecule is O=C(NCC1CCCC(C(F)(F)F)C1)C1(n2cccn2)CCNCC1. The Bertz CT molecular complexity index is 567. The number of nitrogens with zero attached hydrogens (tertiary/aromatic N) is 2. The van der Waals surface area contributed by atoms with Gasteiger partial charge in [0.1, 0.15) is 5.54 Å². The number of alkyl halides is 3. The quantitative estimate of drug-likeness (QED) is 0.869. The predicted octanol–water partition coefficient (Wildman–Crippen LogP) is 2.45. The van der Waals surface area contributed by atoms with Gasteiger partial charge in [-0.25, -0.2) is 0 Å². The lowest BCUT2D eigenvalue weighted by atomic mass is 9.80. The fourth-order valence-corrected chi connectivity index (χ4v) is 4.10. The molecule has 1 aliphatic carbocycles. The van der Waals surface area contributed by atoms with Gasteiger partial charge in [-0.1, -0.05) is 6.42 Å². The average molecular weight is 358 g/mol. The molecule has 2 aliphatic rings. The van der Waals surface area contributed by atoms with Gasteiger partial charge in [0.2, 0.25) is 5.91 Å². The molecule has 0 spiro atoms. The lowest BCUT2D eigenvalue weighted by molar-refractivity contribution is -0.185. The first-order valence-electron chi connectivity index (χ1n) is 8.98. The van der Waals surface area contributed by atoms with Crippen LogP contribution >= 0.6 is 0 Å². The summed E-state index contributed by atoms with van der Waals surface area (Å²) >= 11 is 0. The molecule has 1 amide bonds. The van der Waals surface area contributed by atoms with E-state index in [-0.39, 0.29) is 24.7 Å². The van der Waals surface area contributed by atoms with Crippen molar-refractivity contribution in [3.05, 3.63) is 18.5 Å². The third kappa shape index (κ3) is 3.99. The van der Waals surface area contributed by atoms with E-state index in [1.807, 2.05) is 0 Å². The zero-order valence-corrected chi connectivity index (χ0v) is 14.2. The molecule has 0 aromatic carbocycles. The Morgan fingerprint density at radius 3 is 2.72 bits per heavy atom. The second kappa shape index (κ2) is 7.35. The molecule has 2 atom stereocenters. The van der Waals surface area contributed by atoms with Crippen LogP contribution in [0, 0.1) is 11.8 Å². The number of carbonyl (C=O) groups is 1. The topological polar surface area (TPSA) is 59.0 Å². The molecule has 1 aliphatic heterocycles. The number of nitrogens with one attached hydrogen (secondary N) is 2. The third-order valence-electron chi connectivity index (χ3n) is 5.59. The summed E-state index contributed by atoms with van der Waals surface area (Å²) in [5, 5.41) is 10.4. The molecule has 140 valence electrons. The second-order valence-corrected chi connectivity index (χ2v) is 7.21. The standard InChI is InChI=1S/C17H25F3N4O/c18-17(19,20)14-4-1-3-13(11-14)12-22-15(25)16(5-8-21-9-6-16)24-10-2-7-23-24/h2,7,10,13-14,21H,1,3-6,8-9,11-12H2,(H,22,25). The lowest BCUT2D eigenvalue weighted by Crippen LogP contribution is -2.55. The number of carbonyl (C=O) groups excluding carboxylic acids is 1. The summed E-state index contributed by atoms with van der Waals surface area (Å²) in [4.78, 5) is 12.9. The van der Waals surface area contributed by atoms with E-state index in [1.54, 1.807) is 23.1 Å². The first-order valence-corrected chi connectivity index (χ1v) is 8.98. The van der Waals surface area contributed by atoms with E-state index >= 15 is 0 Å². The van der Waals surface area contributed by atoms with Gasteiger partial charge in [-0.2, -0.15) is 18.3 Å². The molecule has 25 heavy (non-hydrogen) atoms. The second-order valence-electron chi connectivity index (χ2n) is 7.21. The first-order chi connectivity index (χ1) is 11.9. The molecule has 5 nitrogen and oxygen atoms in total. The minimum absolute atomic E-state index is 0.110. The number of rotatable bonds is 4. The fraction of sp³-hybridized carbons (Fsp3) is 0.765. The summed E-state index contributed by atoms with van der Waals surface area (Å²) in [6.07, 6.45) is 2.16. The van der Waals surface area contributed by atoms with Gasteiger partial charge in [0.25, 0.3) is 0 Å². The highest BCUT2D eigenvalue weighted by atomic mass is 19.4. The summed E-state index contributed by atoms with van der Waals surface area (Å²) in [7, 11) is 0. The van der Waals surface area contributed by atoms with Crippen LogP contribution in [0.4, 0.5) is 13.2 Å². The van der Waals surface area contributed by atoms with Crippen molar-refractivity contribution in [3.8, 4) is 0 Å². The molecule has 0 bridgehead atoms. The highest BCUT2D eigenvalue weighted by molar-refractivity contribution is 5.84. The molecule has 1 aromatic heterocycles. The molecule has 2 heterocycles. The van der Waals surface area contributed by atoms with Crippen molar-refractivity contribution in [1.29, 1.82) is 0 Å². The Labute approximate surface area is 145 Å².